The van der Waals surface area contributed by atoms with Gasteiger partial charge in [0.05, 0.1) is 14.2 Å². The van der Waals surface area contributed by atoms with Crippen LogP contribution in [0.2, 0.25) is 0 Å². The number of nitrogens with one attached hydrogen (secondary N) is 1. The smallest absolute Gasteiger partial charge is 0.127 e. The topological polar surface area (TPSA) is 33.7 Å². The molecule has 0 aromatic heterocycles. The van der Waals surface area contributed by atoms with E-state index in [4.69, 9.17) is 9.47 Å². The van der Waals surface area contributed by atoms with Crippen LogP contribution < -0.4 is 14.8 Å². The molecule has 0 bridgehead atoms. The molecule has 0 spiro atoms. The van der Waals surface area contributed by atoms with Crippen LogP contribution in [0.1, 0.15) is 38.2 Å². The van der Waals surface area contributed by atoms with E-state index >= 15 is 0 Å². The van der Waals surface area contributed by atoms with E-state index in [1.54, 1.807) is 14.2 Å². The Morgan fingerprint density at radius 3 is 2.59 bits per heavy atom. The van der Waals surface area contributed by atoms with Crippen molar-refractivity contribution in [2.75, 3.05) is 33.9 Å². The van der Waals surface area contributed by atoms with Gasteiger partial charge in [0.15, 0.2) is 0 Å². The van der Waals surface area contributed by atoms with Crippen LogP contribution in [0.3, 0.4) is 0 Å². The Bertz CT molecular complexity index is 443. The predicted molar refractivity (Wildman–Crippen MR) is 90.8 cm³/mol. The minimum absolute atomic E-state index is 0.615. The van der Waals surface area contributed by atoms with Crippen LogP contribution in [0.15, 0.2) is 18.2 Å². The molecular weight excluding hydrogens is 276 g/mol. The number of methoxy groups -OCH3 is 2. The molecule has 4 nitrogen and oxygen atoms in total. The van der Waals surface area contributed by atoms with Crippen LogP contribution in [-0.2, 0) is 6.54 Å². The summed E-state index contributed by atoms with van der Waals surface area (Å²) in [4.78, 5) is 2.59. The fourth-order valence-electron chi connectivity index (χ4n) is 2.99. The van der Waals surface area contributed by atoms with E-state index in [9.17, 15) is 0 Å². The van der Waals surface area contributed by atoms with E-state index in [1.165, 1.54) is 50.9 Å². The molecule has 1 heterocycles. The number of rotatable bonds is 8. The standard InChI is InChI=1S/C18H30N2O2/c1-4-5-10-20-11-8-16(9-12-20)19-14-15-6-7-17(21-2)13-18(15)22-3/h6-7,13,16,19H,4-5,8-12,14H2,1-3H3. The van der Waals surface area contributed by atoms with Crippen molar-refractivity contribution in [3.05, 3.63) is 23.8 Å². The first-order valence-corrected chi connectivity index (χ1v) is 8.43. The lowest BCUT2D eigenvalue weighted by Crippen LogP contribution is -2.42. The minimum atomic E-state index is 0.615. The number of unbranched alkanes of at least 4 members (excludes halogenated alkanes) is 1. The Morgan fingerprint density at radius 2 is 1.95 bits per heavy atom. The Kier molecular flexibility index (Phi) is 7.00. The average molecular weight is 306 g/mol. The van der Waals surface area contributed by atoms with Crippen molar-refractivity contribution < 1.29 is 9.47 Å². The van der Waals surface area contributed by atoms with Crippen molar-refractivity contribution in [3.8, 4) is 11.5 Å². The van der Waals surface area contributed by atoms with E-state index in [-0.39, 0.29) is 0 Å². The molecule has 0 radical (unpaired) electrons. The van der Waals surface area contributed by atoms with E-state index in [1.807, 2.05) is 12.1 Å². The lowest BCUT2D eigenvalue weighted by Gasteiger charge is -2.32. The molecule has 22 heavy (non-hydrogen) atoms. The Hall–Kier alpha value is -1.26. The third kappa shape index (κ3) is 4.89. The van der Waals surface area contributed by atoms with Crippen LogP contribution >= 0.6 is 0 Å². The van der Waals surface area contributed by atoms with Gasteiger partial charge >= 0.3 is 0 Å². The van der Waals surface area contributed by atoms with Crippen LogP contribution in [0.4, 0.5) is 0 Å². The molecule has 1 N–H and O–H groups in total. The second kappa shape index (κ2) is 9.01. The summed E-state index contributed by atoms with van der Waals surface area (Å²) in [5.41, 5.74) is 1.19. The predicted octanol–water partition coefficient (Wildman–Crippen LogP) is 3.06. The highest BCUT2D eigenvalue weighted by atomic mass is 16.5. The summed E-state index contributed by atoms with van der Waals surface area (Å²) < 4.78 is 10.7. The van der Waals surface area contributed by atoms with Gasteiger partial charge in [-0.1, -0.05) is 19.4 Å². The molecule has 2 rings (SSSR count). The van der Waals surface area contributed by atoms with Gasteiger partial charge in [0, 0.05) is 24.2 Å². The molecule has 0 amide bonds. The SMILES string of the molecule is CCCCN1CCC(NCc2ccc(OC)cc2OC)CC1. The summed E-state index contributed by atoms with van der Waals surface area (Å²) in [7, 11) is 3.39. The van der Waals surface area contributed by atoms with Crippen molar-refractivity contribution >= 4 is 0 Å². The Labute approximate surface area is 134 Å². The van der Waals surface area contributed by atoms with E-state index in [0.717, 1.165) is 18.0 Å². The number of hydrogen-bond donors (Lipinski definition) is 1. The van der Waals surface area contributed by atoms with Gasteiger partial charge < -0.3 is 19.7 Å². The average Bonchev–Trinajstić information content (AvgIpc) is 2.58. The molecule has 1 aliphatic heterocycles. The zero-order valence-electron chi connectivity index (χ0n) is 14.2. The lowest BCUT2D eigenvalue weighted by atomic mass is 10.0. The summed E-state index contributed by atoms with van der Waals surface area (Å²) in [5.74, 6) is 1.73. The molecule has 1 fully saturated rings. The maximum absolute atomic E-state index is 5.46. The molecule has 0 saturated carbocycles. The number of benzene rings is 1. The molecule has 1 aliphatic rings. The number of likely N-dealkylation sites (tertiary alicyclic amines) is 1. The van der Waals surface area contributed by atoms with Crippen molar-refractivity contribution in [3.63, 3.8) is 0 Å². The highest BCUT2D eigenvalue weighted by Crippen LogP contribution is 2.24. The zero-order chi connectivity index (χ0) is 15.8. The van der Waals surface area contributed by atoms with Crippen molar-refractivity contribution in [2.45, 2.75) is 45.2 Å². The quantitative estimate of drug-likeness (QED) is 0.800. The maximum Gasteiger partial charge on any atom is 0.127 e. The third-order valence-corrected chi connectivity index (χ3v) is 4.49. The second-order valence-electron chi connectivity index (χ2n) is 6.03. The van der Waals surface area contributed by atoms with E-state index < -0.39 is 0 Å². The first-order valence-electron chi connectivity index (χ1n) is 8.43. The van der Waals surface area contributed by atoms with Gasteiger partial charge in [-0.2, -0.15) is 0 Å². The minimum Gasteiger partial charge on any atom is -0.497 e. The summed E-state index contributed by atoms with van der Waals surface area (Å²) in [5, 5.41) is 3.68. The monoisotopic (exact) mass is 306 g/mol. The van der Waals surface area contributed by atoms with Gasteiger partial charge in [-0.3, -0.25) is 0 Å². The Balaban J connectivity index is 1.79. The summed E-state index contributed by atoms with van der Waals surface area (Å²) in [6, 6.07) is 6.64. The van der Waals surface area contributed by atoms with Crippen LogP contribution in [0.5, 0.6) is 11.5 Å². The molecule has 1 aromatic carbocycles. The van der Waals surface area contributed by atoms with Crippen LogP contribution in [0.25, 0.3) is 0 Å². The summed E-state index contributed by atoms with van der Waals surface area (Å²) >= 11 is 0. The number of ether oxygens (including phenoxy) is 2. The second-order valence-corrected chi connectivity index (χ2v) is 6.03. The van der Waals surface area contributed by atoms with Crippen LogP contribution in [0, 0.1) is 0 Å². The molecule has 0 atom stereocenters. The van der Waals surface area contributed by atoms with E-state index in [0.29, 0.717) is 6.04 Å². The zero-order valence-corrected chi connectivity index (χ0v) is 14.2. The van der Waals surface area contributed by atoms with Gasteiger partial charge in [0.25, 0.3) is 0 Å². The molecular formula is C18H30N2O2. The van der Waals surface area contributed by atoms with Crippen molar-refractivity contribution in [1.82, 2.24) is 10.2 Å². The Morgan fingerprint density at radius 1 is 1.18 bits per heavy atom. The highest BCUT2D eigenvalue weighted by Gasteiger charge is 2.18. The highest BCUT2D eigenvalue weighted by molar-refractivity contribution is 5.40. The fourth-order valence-corrected chi connectivity index (χ4v) is 2.99. The number of piperidine rings is 1. The van der Waals surface area contributed by atoms with Crippen LogP contribution in [-0.4, -0.2) is 44.8 Å². The lowest BCUT2D eigenvalue weighted by molar-refractivity contribution is 0.194. The summed E-state index contributed by atoms with van der Waals surface area (Å²) in [6.07, 6.45) is 5.08. The molecule has 0 unspecified atom stereocenters. The summed E-state index contributed by atoms with van der Waals surface area (Å²) in [6.45, 7) is 6.81. The van der Waals surface area contributed by atoms with Gasteiger partial charge in [0.2, 0.25) is 0 Å². The third-order valence-electron chi connectivity index (χ3n) is 4.49. The van der Waals surface area contributed by atoms with E-state index in [2.05, 4.69) is 23.2 Å². The van der Waals surface area contributed by atoms with Gasteiger partial charge in [-0.25, -0.2) is 0 Å². The molecule has 124 valence electrons. The van der Waals surface area contributed by atoms with Crippen molar-refractivity contribution in [1.29, 1.82) is 0 Å². The largest absolute Gasteiger partial charge is 0.497 e. The fraction of sp³-hybridized carbons (Fsp3) is 0.667. The normalized spacial score (nSPS) is 16.7. The molecule has 1 saturated heterocycles. The maximum atomic E-state index is 5.46. The first-order chi connectivity index (χ1) is 10.8. The first kappa shape index (κ1) is 17.1. The van der Waals surface area contributed by atoms with Gasteiger partial charge in [-0.05, 0) is 45.0 Å². The van der Waals surface area contributed by atoms with Gasteiger partial charge in [-0.15, -0.1) is 0 Å². The molecule has 1 aromatic rings. The van der Waals surface area contributed by atoms with Gasteiger partial charge in [0.1, 0.15) is 11.5 Å². The van der Waals surface area contributed by atoms with Crippen molar-refractivity contribution in [2.24, 2.45) is 0 Å². The number of hydrogen-bond acceptors (Lipinski definition) is 4. The molecule has 0 aliphatic carbocycles. The number of nitrogens with zero attached hydrogens (tertiary/aromatic N) is 1. The molecule has 4 heteroatoms.